The van der Waals surface area contributed by atoms with E-state index in [4.69, 9.17) is 4.74 Å². The van der Waals surface area contributed by atoms with Gasteiger partial charge in [0.2, 0.25) is 5.91 Å². The Labute approximate surface area is 570 Å². The molecule has 538 valence electrons. The summed E-state index contributed by atoms with van der Waals surface area (Å²) >= 11 is 0. The molecule has 0 radical (unpaired) electrons. The number of esters is 1. The van der Waals surface area contributed by atoms with Crippen molar-refractivity contribution >= 4 is 11.9 Å². The fraction of sp³-hybridized carbons (Fsp3) is 0.906. The third-order valence-electron chi connectivity index (χ3n) is 19.7. The molecular formula is C85H163NO5. The highest BCUT2D eigenvalue weighted by Crippen LogP contribution is 2.20. The molecule has 0 fully saturated rings. The zero-order chi connectivity index (χ0) is 65.6. The van der Waals surface area contributed by atoms with Crippen molar-refractivity contribution in [2.45, 2.75) is 482 Å². The lowest BCUT2D eigenvalue weighted by Crippen LogP contribution is -2.45. The molecule has 0 aromatic carbocycles. The van der Waals surface area contributed by atoms with Crippen molar-refractivity contribution in [3.8, 4) is 0 Å². The van der Waals surface area contributed by atoms with Gasteiger partial charge >= 0.3 is 5.97 Å². The molecule has 0 aliphatic heterocycles. The van der Waals surface area contributed by atoms with Crippen LogP contribution in [0.4, 0.5) is 0 Å². The Hall–Kier alpha value is -1.92. The van der Waals surface area contributed by atoms with E-state index in [0.29, 0.717) is 25.9 Å². The number of amides is 1. The molecule has 1 amide bonds. The summed E-state index contributed by atoms with van der Waals surface area (Å²) in [6.45, 7) is 5.00. The topological polar surface area (TPSA) is 95.9 Å². The number of allylic oxidation sites excluding steroid dienone is 6. The number of rotatable bonds is 79. The Bertz CT molecular complexity index is 1470. The van der Waals surface area contributed by atoms with E-state index in [1.165, 1.54) is 385 Å². The van der Waals surface area contributed by atoms with Crippen molar-refractivity contribution in [3.05, 3.63) is 36.5 Å². The Balaban J connectivity index is 3.34. The molecule has 0 aliphatic rings. The molecule has 6 nitrogen and oxygen atoms in total. The van der Waals surface area contributed by atoms with Crippen molar-refractivity contribution < 1.29 is 24.5 Å². The molecule has 0 saturated heterocycles. The minimum atomic E-state index is -0.663. The molecule has 2 atom stereocenters. The molecule has 0 bridgehead atoms. The van der Waals surface area contributed by atoms with Crippen LogP contribution in [0.2, 0.25) is 0 Å². The van der Waals surface area contributed by atoms with Crippen molar-refractivity contribution in [1.29, 1.82) is 0 Å². The predicted molar refractivity (Wildman–Crippen MR) is 403 cm³/mol. The number of hydrogen-bond acceptors (Lipinski definition) is 5. The lowest BCUT2D eigenvalue weighted by molar-refractivity contribution is -0.143. The normalized spacial score (nSPS) is 12.6. The number of carbonyl (C=O) groups is 2. The second-order valence-electron chi connectivity index (χ2n) is 28.8. The van der Waals surface area contributed by atoms with Crippen LogP contribution >= 0.6 is 0 Å². The molecule has 91 heavy (non-hydrogen) atoms. The smallest absolute Gasteiger partial charge is 0.305 e. The van der Waals surface area contributed by atoms with Gasteiger partial charge in [0, 0.05) is 12.8 Å². The average molecular weight is 1280 g/mol. The first kappa shape index (κ1) is 89.1. The third-order valence-corrected chi connectivity index (χ3v) is 19.7. The number of aliphatic hydroxyl groups excluding tert-OH is 2. The Morgan fingerprint density at radius 2 is 0.549 bits per heavy atom. The van der Waals surface area contributed by atoms with E-state index in [1.54, 1.807) is 0 Å². The molecule has 0 heterocycles. The average Bonchev–Trinajstić information content (AvgIpc) is 3.73. The summed E-state index contributed by atoms with van der Waals surface area (Å²) in [7, 11) is 0. The Morgan fingerprint density at radius 3 is 0.846 bits per heavy atom. The zero-order valence-electron chi connectivity index (χ0n) is 61.9. The summed E-state index contributed by atoms with van der Waals surface area (Å²) in [5, 5.41) is 23.4. The number of nitrogens with one attached hydrogen (secondary N) is 1. The van der Waals surface area contributed by atoms with E-state index in [0.717, 1.165) is 51.4 Å². The van der Waals surface area contributed by atoms with Crippen molar-refractivity contribution in [3.63, 3.8) is 0 Å². The van der Waals surface area contributed by atoms with E-state index < -0.39 is 12.1 Å². The standard InChI is InChI=1S/C85H163NO5/c1-3-5-7-9-11-13-15-17-19-21-46-49-53-57-61-65-69-73-77-83(88)82(81-87)86-84(89)78-74-70-66-62-58-54-50-47-43-41-39-37-35-33-31-29-27-25-23-22-24-26-28-30-32-34-36-38-40-42-44-48-52-56-60-64-68-72-76-80-91-85(90)79-75-71-67-63-59-55-51-45-20-18-16-14-12-10-8-6-4-2/h18,20,22-23,26,28,82-83,87-88H,3-17,19,21,24-25,27,29-81H2,1-2H3,(H,86,89)/b20-18-,23-22-,28-26-. The molecule has 2 unspecified atom stereocenters. The molecule has 0 aromatic rings. The zero-order valence-corrected chi connectivity index (χ0v) is 61.9. The maximum absolute atomic E-state index is 12.6. The van der Waals surface area contributed by atoms with Crippen LogP contribution in [0.5, 0.6) is 0 Å². The maximum atomic E-state index is 12.6. The number of aliphatic hydroxyl groups is 2. The monoisotopic (exact) mass is 1280 g/mol. The summed E-state index contributed by atoms with van der Waals surface area (Å²) in [5.41, 5.74) is 0. The summed E-state index contributed by atoms with van der Waals surface area (Å²) in [6.07, 6.45) is 105. The van der Waals surface area contributed by atoms with Crippen molar-refractivity contribution in [2.75, 3.05) is 13.2 Å². The fourth-order valence-corrected chi connectivity index (χ4v) is 13.3. The Kier molecular flexibility index (Phi) is 78.8. The van der Waals surface area contributed by atoms with Gasteiger partial charge < -0.3 is 20.3 Å². The summed E-state index contributed by atoms with van der Waals surface area (Å²) in [6, 6.07) is -0.540. The van der Waals surface area contributed by atoms with Crippen LogP contribution in [-0.4, -0.2) is 47.4 Å². The lowest BCUT2D eigenvalue weighted by atomic mass is 10.0. The van der Waals surface area contributed by atoms with Crippen LogP contribution in [-0.2, 0) is 14.3 Å². The van der Waals surface area contributed by atoms with Crippen molar-refractivity contribution in [1.82, 2.24) is 5.32 Å². The van der Waals surface area contributed by atoms with Gasteiger partial charge in [0.25, 0.3) is 0 Å². The molecular weight excluding hydrogens is 1110 g/mol. The first-order valence-corrected chi connectivity index (χ1v) is 41.7. The van der Waals surface area contributed by atoms with Gasteiger partial charge in [-0.3, -0.25) is 9.59 Å². The van der Waals surface area contributed by atoms with Crippen molar-refractivity contribution in [2.24, 2.45) is 0 Å². The second-order valence-corrected chi connectivity index (χ2v) is 28.8. The number of hydrogen-bond donors (Lipinski definition) is 3. The van der Waals surface area contributed by atoms with Crippen LogP contribution in [0.3, 0.4) is 0 Å². The van der Waals surface area contributed by atoms with Crippen LogP contribution in [0.15, 0.2) is 36.5 Å². The first-order chi connectivity index (χ1) is 45.0. The van der Waals surface area contributed by atoms with Gasteiger partial charge in [-0.2, -0.15) is 0 Å². The second kappa shape index (κ2) is 80.5. The van der Waals surface area contributed by atoms with Crippen LogP contribution < -0.4 is 5.32 Å². The van der Waals surface area contributed by atoms with E-state index in [2.05, 4.69) is 55.6 Å². The third kappa shape index (κ3) is 77.0. The molecule has 0 rings (SSSR count). The minimum absolute atomic E-state index is 0.0178. The number of unbranched alkanes of at least 4 members (excludes halogenated alkanes) is 62. The van der Waals surface area contributed by atoms with Crippen LogP contribution in [0, 0.1) is 0 Å². The van der Waals surface area contributed by atoms with E-state index in [-0.39, 0.29) is 18.5 Å². The number of carbonyl (C=O) groups excluding carboxylic acids is 2. The molecule has 3 N–H and O–H groups in total. The van der Waals surface area contributed by atoms with Gasteiger partial charge in [0.1, 0.15) is 0 Å². The predicted octanol–water partition coefficient (Wildman–Crippen LogP) is 27.8. The highest BCUT2D eigenvalue weighted by Gasteiger charge is 2.20. The van der Waals surface area contributed by atoms with Gasteiger partial charge in [0.15, 0.2) is 0 Å². The highest BCUT2D eigenvalue weighted by molar-refractivity contribution is 5.76. The highest BCUT2D eigenvalue weighted by atomic mass is 16.5. The molecule has 0 saturated carbocycles. The quantitative estimate of drug-likeness (QED) is 0.0320. The molecule has 0 spiro atoms. The first-order valence-electron chi connectivity index (χ1n) is 41.7. The minimum Gasteiger partial charge on any atom is -0.466 e. The van der Waals surface area contributed by atoms with E-state index >= 15 is 0 Å². The maximum Gasteiger partial charge on any atom is 0.305 e. The largest absolute Gasteiger partial charge is 0.466 e. The summed E-state index contributed by atoms with van der Waals surface area (Å²) < 4.78 is 5.51. The van der Waals surface area contributed by atoms with E-state index in [9.17, 15) is 19.8 Å². The SMILES string of the molecule is CCCCCCCC/C=C\CCCCCCCCCC(=O)OCCCCCCCCCCCCCCCCC/C=C\C/C=C\CCCCCCCCCCCCCCCCCCCC(=O)NC(CO)C(O)CCCCCCCCCCCCCCCCCCCC. The van der Waals surface area contributed by atoms with Gasteiger partial charge in [-0.1, -0.05) is 410 Å². The fourth-order valence-electron chi connectivity index (χ4n) is 13.3. The van der Waals surface area contributed by atoms with Gasteiger partial charge in [-0.15, -0.1) is 0 Å². The van der Waals surface area contributed by atoms with Crippen LogP contribution in [0.1, 0.15) is 470 Å². The molecule has 0 aliphatic carbocycles. The lowest BCUT2D eigenvalue weighted by Gasteiger charge is -2.22. The van der Waals surface area contributed by atoms with E-state index in [1.807, 2.05) is 0 Å². The molecule has 0 aromatic heterocycles. The van der Waals surface area contributed by atoms with Gasteiger partial charge in [-0.25, -0.2) is 0 Å². The Morgan fingerprint density at radius 1 is 0.308 bits per heavy atom. The van der Waals surface area contributed by atoms with Crippen LogP contribution in [0.25, 0.3) is 0 Å². The van der Waals surface area contributed by atoms with Gasteiger partial charge in [-0.05, 0) is 83.5 Å². The number of ether oxygens (including phenoxy) is 1. The summed E-state index contributed by atoms with van der Waals surface area (Å²) in [4.78, 5) is 24.7. The van der Waals surface area contributed by atoms with Gasteiger partial charge in [0.05, 0.1) is 25.4 Å². The summed E-state index contributed by atoms with van der Waals surface area (Å²) in [5.74, 6) is -0.00959. The molecule has 6 heteroatoms.